The second kappa shape index (κ2) is 3.53. The van der Waals surface area contributed by atoms with E-state index < -0.39 is 0 Å². The van der Waals surface area contributed by atoms with Gasteiger partial charge < -0.3 is 10.2 Å². The van der Waals surface area contributed by atoms with Crippen molar-refractivity contribution in [2.45, 2.75) is 12.8 Å². The Labute approximate surface area is 59.7 Å². The molecule has 0 amide bonds. The van der Waals surface area contributed by atoms with Gasteiger partial charge in [0.1, 0.15) is 0 Å². The maximum absolute atomic E-state index is 10.8. The van der Waals surface area contributed by atoms with Crippen LogP contribution in [-0.2, 0) is 9.63 Å². The largest absolute Gasteiger partial charge is 0.373 e. The summed E-state index contributed by atoms with van der Waals surface area (Å²) in [6.07, 6.45) is 1.69. The lowest BCUT2D eigenvalue weighted by Gasteiger charge is -2.19. The molecule has 0 aliphatic carbocycles. The van der Waals surface area contributed by atoms with E-state index in [-0.39, 0.29) is 11.9 Å². The Morgan fingerprint density at radius 2 is 2.10 bits per heavy atom. The SMILES string of the molecule is NOC(=O)C1CCNCC1. The summed E-state index contributed by atoms with van der Waals surface area (Å²) in [5.74, 6) is 4.48. The summed E-state index contributed by atoms with van der Waals surface area (Å²) in [5, 5.41) is 3.15. The van der Waals surface area contributed by atoms with Crippen molar-refractivity contribution in [3.63, 3.8) is 0 Å². The molecular weight excluding hydrogens is 132 g/mol. The van der Waals surface area contributed by atoms with Crippen molar-refractivity contribution < 1.29 is 9.63 Å². The van der Waals surface area contributed by atoms with E-state index in [1.807, 2.05) is 0 Å². The number of hydrogen-bond acceptors (Lipinski definition) is 4. The first-order valence-electron chi connectivity index (χ1n) is 3.46. The highest BCUT2D eigenvalue weighted by Crippen LogP contribution is 2.11. The molecule has 4 heteroatoms. The second-order valence-electron chi connectivity index (χ2n) is 2.46. The van der Waals surface area contributed by atoms with Gasteiger partial charge >= 0.3 is 5.97 Å². The van der Waals surface area contributed by atoms with Gasteiger partial charge in [0, 0.05) is 0 Å². The average Bonchev–Trinajstić information content (AvgIpc) is 2.05. The molecule has 1 fully saturated rings. The van der Waals surface area contributed by atoms with E-state index in [2.05, 4.69) is 10.2 Å². The van der Waals surface area contributed by atoms with Crippen molar-refractivity contribution in [3.05, 3.63) is 0 Å². The van der Waals surface area contributed by atoms with E-state index in [0.717, 1.165) is 25.9 Å². The van der Waals surface area contributed by atoms with Gasteiger partial charge in [0.05, 0.1) is 5.92 Å². The topological polar surface area (TPSA) is 64.3 Å². The summed E-state index contributed by atoms with van der Waals surface area (Å²) < 4.78 is 0. The minimum Gasteiger partial charge on any atom is -0.373 e. The Morgan fingerprint density at radius 1 is 1.50 bits per heavy atom. The summed E-state index contributed by atoms with van der Waals surface area (Å²) in [6, 6.07) is 0. The smallest absolute Gasteiger partial charge is 0.327 e. The van der Waals surface area contributed by atoms with Crippen molar-refractivity contribution >= 4 is 5.97 Å². The molecule has 0 unspecified atom stereocenters. The lowest BCUT2D eigenvalue weighted by atomic mass is 9.99. The molecule has 0 aromatic heterocycles. The van der Waals surface area contributed by atoms with Crippen LogP contribution in [0.25, 0.3) is 0 Å². The van der Waals surface area contributed by atoms with Crippen LogP contribution >= 0.6 is 0 Å². The molecule has 1 aliphatic rings. The highest BCUT2D eigenvalue weighted by Gasteiger charge is 2.21. The van der Waals surface area contributed by atoms with Crippen LogP contribution in [0.4, 0.5) is 0 Å². The minimum atomic E-state index is -0.276. The van der Waals surface area contributed by atoms with Gasteiger partial charge in [0.25, 0.3) is 0 Å². The Kier molecular flexibility index (Phi) is 2.65. The third-order valence-electron chi connectivity index (χ3n) is 1.79. The number of hydrogen-bond donors (Lipinski definition) is 2. The minimum absolute atomic E-state index is 0.0197. The zero-order valence-corrected chi connectivity index (χ0v) is 5.80. The van der Waals surface area contributed by atoms with E-state index in [4.69, 9.17) is 5.90 Å². The number of nitrogens with two attached hydrogens (primary N) is 1. The van der Waals surface area contributed by atoms with E-state index in [1.54, 1.807) is 0 Å². The molecule has 1 saturated heterocycles. The van der Waals surface area contributed by atoms with E-state index in [0.29, 0.717) is 0 Å². The van der Waals surface area contributed by atoms with Crippen LogP contribution in [0.1, 0.15) is 12.8 Å². The van der Waals surface area contributed by atoms with Gasteiger partial charge in [-0.2, -0.15) is 5.90 Å². The Hall–Kier alpha value is -0.610. The van der Waals surface area contributed by atoms with E-state index >= 15 is 0 Å². The number of carbonyl (C=O) groups excluding carboxylic acids is 1. The first-order chi connectivity index (χ1) is 4.84. The van der Waals surface area contributed by atoms with Crippen LogP contribution in [0.3, 0.4) is 0 Å². The van der Waals surface area contributed by atoms with Crippen LogP contribution in [-0.4, -0.2) is 19.1 Å². The summed E-state index contributed by atoms with van der Waals surface area (Å²) >= 11 is 0. The molecule has 1 rings (SSSR count). The predicted molar refractivity (Wildman–Crippen MR) is 35.9 cm³/mol. The molecule has 4 nitrogen and oxygen atoms in total. The van der Waals surface area contributed by atoms with Gasteiger partial charge in [0.2, 0.25) is 0 Å². The molecule has 3 N–H and O–H groups in total. The number of carbonyl (C=O) groups is 1. The summed E-state index contributed by atoms with van der Waals surface area (Å²) in [6.45, 7) is 1.78. The van der Waals surface area contributed by atoms with Gasteiger partial charge in [-0.05, 0) is 25.9 Å². The van der Waals surface area contributed by atoms with Crippen molar-refractivity contribution in [3.8, 4) is 0 Å². The molecule has 58 valence electrons. The maximum Gasteiger partial charge on any atom is 0.327 e. The van der Waals surface area contributed by atoms with Crippen LogP contribution in [0, 0.1) is 5.92 Å². The molecule has 1 heterocycles. The number of piperidine rings is 1. The zero-order valence-electron chi connectivity index (χ0n) is 5.80. The highest BCUT2D eigenvalue weighted by molar-refractivity contribution is 5.72. The molecule has 0 aromatic carbocycles. The van der Waals surface area contributed by atoms with Crippen molar-refractivity contribution in [2.75, 3.05) is 13.1 Å². The van der Waals surface area contributed by atoms with Crippen molar-refractivity contribution in [1.29, 1.82) is 0 Å². The molecule has 0 aromatic rings. The molecule has 0 radical (unpaired) electrons. The molecular formula is C6H12N2O2. The molecule has 0 saturated carbocycles. The summed E-state index contributed by atoms with van der Waals surface area (Å²) in [4.78, 5) is 14.9. The first kappa shape index (κ1) is 7.50. The standard InChI is InChI=1S/C6H12N2O2/c7-10-6(9)5-1-3-8-4-2-5/h5,8H,1-4,7H2. The quantitative estimate of drug-likeness (QED) is 0.482. The second-order valence-corrected chi connectivity index (χ2v) is 2.46. The monoisotopic (exact) mass is 144 g/mol. The van der Waals surface area contributed by atoms with Gasteiger partial charge in [-0.15, -0.1) is 0 Å². The average molecular weight is 144 g/mol. The molecule has 0 bridgehead atoms. The van der Waals surface area contributed by atoms with Crippen LogP contribution in [0.15, 0.2) is 0 Å². The van der Waals surface area contributed by atoms with Gasteiger partial charge in [0.15, 0.2) is 0 Å². The Bertz CT molecular complexity index is 121. The maximum atomic E-state index is 10.8. The summed E-state index contributed by atoms with van der Waals surface area (Å²) in [5.41, 5.74) is 0. The fraction of sp³-hybridized carbons (Fsp3) is 0.833. The first-order valence-corrected chi connectivity index (χ1v) is 3.46. The zero-order chi connectivity index (χ0) is 7.40. The van der Waals surface area contributed by atoms with Gasteiger partial charge in [-0.3, -0.25) is 4.79 Å². The van der Waals surface area contributed by atoms with Crippen LogP contribution in [0.5, 0.6) is 0 Å². The van der Waals surface area contributed by atoms with Crippen molar-refractivity contribution in [1.82, 2.24) is 5.32 Å². The van der Waals surface area contributed by atoms with Crippen LogP contribution < -0.4 is 11.2 Å². The van der Waals surface area contributed by atoms with E-state index in [9.17, 15) is 4.79 Å². The highest BCUT2D eigenvalue weighted by atomic mass is 16.7. The molecule has 1 aliphatic heterocycles. The molecule has 10 heavy (non-hydrogen) atoms. The molecule has 0 atom stereocenters. The van der Waals surface area contributed by atoms with Crippen LogP contribution in [0.2, 0.25) is 0 Å². The lowest BCUT2D eigenvalue weighted by molar-refractivity contribution is -0.149. The van der Waals surface area contributed by atoms with Crippen molar-refractivity contribution in [2.24, 2.45) is 11.8 Å². The van der Waals surface area contributed by atoms with Gasteiger partial charge in [-0.1, -0.05) is 0 Å². The van der Waals surface area contributed by atoms with E-state index in [1.165, 1.54) is 0 Å². The third-order valence-corrected chi connectivity index (χ3v) is 1.79. The van der Waals surface area contributed by atoms with Gasteiger partial charge in [-0.25, -0.2) is 0 Å². The summed E-state index contributed by atoms with van der Waals surface area (Å²) in [7, 11) is 0. The third kappa shape index (κ3) is 1.68. The fourth-order valence-electron chi connectivity index (χ4n) is 1.15. The normalized spacial score (nSPS) is 20.5. The number of nitrogens with one attached hydrogen (secondary N) is 1. The molecule has 0 spiro atoms. The number of rotatable bonds is 1. The Morgan fingerprint density at radius 3 is 2.60 bits per heavy atom. The Balaban J connectivity index is 2.31. The lowest BCUT2D eigenvalue weighted by Crippen LogP contribution is -2.33. The fourth-order valence-corrected chi connectivity index (χ4v) is 1.15. The predicted octanol–water partition coefficient (Wildman–Crippen LogP) is -0.597.